The molecule has 0 bridgehead atoms. The van der Waals surface area contributed by atoms with Gasteiger partial charge in [0, 0.05) is 11.6 Å². The van der Waals surface area contributed by atoms with Crippen LogP contribution in [0.15, 0.2) is 12.1 Å². The van der Waals surface area contributed by atoms with Crippen LogP contribution in [0.2, 0.25) is 0 Å². The molecular formula is C14H19F2NO2. The summed E-state index contributed by atoms with van der Waals surface area (Å²) in [7, 11) is 2.91. The Morgan fingerprint density at radius 3 is 2.42 bits per heavy atom. The molecule has 106 valence electrons. The number of hydrogen-bond acceptors (Lipinski definition) is 3. The van der Waals surface area contributed by atoms with Gasteiger partial charge in [-0.1, -0.05) is 6.42 Å². The molecule has 1 aliphatic rings. The molecule has 3 nitrogen and oxygen atoms in total. The van der Waals surface area contributed by atoms with Crippen LogP contribution in [0.1, 0.15) is 42.9 Å². The Hall–Kier alpha value is -1.36. The van der Waals surface area contributed by atoms with Crippen LogP contribution in [0.5, 0.6) is 11.5 Å². The first kappa shape index (κ1) is 14.1. The van der Waals surface area contributed by atoms with Gasteiger partial charge in [0.1, 0.15) is 11.5 Å². The molecule has 1 heterocycles. The fourth-order valence-corrected chi connectivity index (χ4v) is 2.51. The van der Waals surface area contributed by atoms with Gasteiger partial charge >= 0.3 is 0 Å². The molecule has 5 heteroatoms. The van der Waals surface area contributed by atoms with Crippen molar-refractivity contribution in [1.82, 2.24) is 5.32 Å². The van der Waals surface area contributed by atoms with Gasteiger partial charge in [-0.2, -0.15) is 0 Å². The molecule has 1 atom stereocenters. The first-order valence-corrected chi connectivity index (χ1v) is 6.44. The van der Waals surface area contributed by atoms with Crippen LogP contribution in [-0.2, 0) is 0 Å². The summed E-state index contributed by atoms with van der Waals surface area (Å²) in [6.45, 7) is 0.937. The summed E-state index contributed by atoms with van der Waals surface area (Å²) in [6.07, 6.45) is 0.676. The number of nitrogens with one attached hydrogen (secondary N) is 1. The van der Waals surface area contributed by atoms with Gasteiger partial charge in [-0.15, -0.1) is 0 Å². The number of alkyl halides is 2. The molecule has 0 saturated carbocycles. The van der Waals surface area contributed by atoms with Gasteiger partial charge in [0.2, 0.25) is 0 Å². The Morgan fingerprint density at radius 2 is 1.89 bits per heavy atom. The maximum Gasteiger partial charge on any atom is 0.267 e. The standard InChI is InChI=1S/C14H19F2NO2/c1-18-12-8-10(14(15)16)13(19-2)7-9(12)11-5-3-4-6-17-11/h7-8,11,14,17H,3-6H2,1-2H3. The van der Waals surface area contributed by atoms with E-state index in [0.29, 0.717) is 5.75 Å². The molecule has 2 rings (SSSR count). The first-order chi connectivity index (χ1) is 9.17. The van der Waals surface area contributed by atoms with Crippen LogP contribution < -0.4 is 14.8 Å². The highest BCUT2D eigenvalue weighted by molar-refractivity contribution is 5.48. The third-order valence-corrected chi connectivity index (χ3v) is 3.50. The van der Waals surface area contributed by atoms with Crippen molar-refractivity contribution in [2.45, 2.75) is 31.7 Å². The molecule has 0 spiro atoms. The van der Waals surface area contributed by atoms with E-state index < -0.39 is 6.43 Å². The molecule has 0 radical (unpaired) electrons. The Kier molecular flexibility index (Phi) is 4.58. The smallest absolute Gasteiger partial charge is 0.267 e. The van der Waals surface area contributed by atoms with E-state index in [4.69, 9.17) is 9.47 Å². The van der Waals surface area contributed by atoms with Gasteiger partial charge in [0.15, 0.2) is 0 Å². The molecule has 19 heavy (non-hydrogen) atoms. The molecular weight excluding hydrogens is 252 g/mol. The van der Waals surface area contributed by atoms with Crippen LogP contribution in [0, 0.1) is 0 Å². The molecule has 0 amide bonds. The summed E-state index contributed by atoms with van der Waals surface area (Å²) in [5, 5.41) is 3.39. The first-order valence-electron chi connectivity index (χ1n) is 6.44. The minimum atomic E-state index is -2.57. The summed E-state index contributed by atoms with van der Waals surface area (Å²) in [5.41, 5.74) is 0.766. The third kappa shape index (κ3) is 2.97. The van der Waals surface area contributed by atoms with Crippen molar-refractivity contribution in [3.8, 4) is 11.5 Å². The average Bonchev–Trinajstić information content (AvgIpc) is 2.46. The lowest BCUT2D eigenvalue weighted by atomic mass is 9.95. The van der Waals surface area contributed by atoms with E-state index in [-0.39, 0.29) is 17.4 Å². The van der Waals surface area contributed by atoms with Crippen molar-refractivity contribution in [2.24, 2.45) is 0 Å². The molecule has 0 aromatic heterocycles. The lowest BCUT2D eigenvalue weighted by molar-refractivity contribution is 0.146. The van der Waals surface area contributed by atoms with Crippen LogP contribution in [0.25, 0.3) is 0 Å². The molecule has 1 aliphatic heterocycles. The van der Waals surface area contributed by atoms with Crippen molar-refractivity contribution in [3.05, 3.63) is 23.3 Å². The number of benzene rings is 1. The Bertz CT molecular complexity index is 432. The maximum absolute atomic E-state index is 13.0. The van der Waals surface area contributed by atoms with E-state index >= 15 is 0 Å². The number of piperidine rings is 1. The average molecular weight is 271 g/mol. The number of rotatable bonds is 4. The highest BCUT2D eigenvalue weighted by atomic mass is 19.3. The lowest BCUT2D eigenvalue weighted by Gasteiger charge is -2.26. The second-order valence-electron chi connectivity index (χ2n) is 4.64. The Balaban J connectivity index is 2.41. The quantitative estimate of drug-likeness (QED) is 0.909. The molecule has 1 unspecified atom stereocenters. The van der Waals surface area contributed by atoms with Crippen LogP contribution in [-0.4, -0.2) is 20.8 Å². The van der Waals surface area contributed by atoms with Crippen molar-refractivity contribution >= 4 is 0 Å². The molecule has 1 fully saturated rings. The zero-order valence-electron chi connectivity index (χ0n) is 11.2. The topological polar surface area (TPSA) is 30.5 Å². The van der Waals surface area contributed by atoms with Crippen molar-refractivity contribution in [1.29, 1.82) is 0 Å². The summed E-state index contributed by atoms with van der Waals surface area (Å²) in [6, 6.07) is 3.20. The molecule has 1 aromatic carbocycles. The van der Waals surface area contributed by atoms with Crippen LogP contribution in [0.4, 0.5) is 8.78 Å². The molecule has 0 aliphatic carbocycles. The van der Waals surface area contributed by atoms with Gasteiger partial charge in [0.05, 0.1) is 19.8 Å². The second kappa shape index (κ2) is 6.19. The fourth-order valence-electron chi connectivity index (χ4n) is 2.51. The molecule has 1 saturated heterocycles. The largest absolute Gasteiger partial charge is 0.496 e. The highest BCUT2D eigenvalue weighted by Crippen LogP contribution is 2.39. The number of hydrogen-bond donors (Lipinski definition) is 1. The molecule has 1 N–H and O–H groups in total. The minimum Gasteiger partial charge on any atom is -0.496 e. The monoisotopic (exact) mass is 271 g/mol. The fraction of sp³-hybridized carbons (Fsp3) is 0.571. The van der Waals surface area contributed by atoms with E-state index in [2.05, 4.69) is 5.32 Å². The predicted octanol–water partition coefficient (Wildman–Crippen LogP) is 3.46. The van der Waals surface area contributed by atoms with Gasteiger partial charge in [-0.3, -0.25) is 0 Å². The number of halogens is 2. The zero-order chi connectivity index (χ0) is 13.8. The van der Waals surface area contributed by atoms with Crippen LogP contribution in [0.3, 0.4) is 0 Å². The van der Waals surface area contributed by atoms with E-state index in [1.807, 2.05) is 0 Å². The Labute approximate surface area is 111 Å². The summed E-state index contributed by atoms with van der Waals surface area (Å²) in [4.78, 5) is 0. The van der Waals surface area contributed by atoms with Gasteiger partial charge in [-0.05, 0) is 31.5 Å². The maximum atomic E-state index is 13.0. The number of ether oxygens (including phenoxy) is 2. The van der Waals surface area contributed by atoms with E-state index in [0.717, 1.165) is 31.4 Å². The second-order valence-corrected chi connectivity index (χ2v) is 4.64. The third-order valence-electron chi connectivity index (χ3n) is 3.50. The predicted molar refractivity (Wildman–Crippen MR) is 69.1 cm³/mol. The Morgan fingerprint density at radius 1 is 1.16 bits per heavy atom. The summed E-state index contributed by atoms with van der Waals surface area (Å²) < 4.78 is 36.2. The van der Waals surface area contributed by atoms with Gasteiger partial charge < -0.3 is 14.8 Å². The molecule has 1 aromatic rings. The van der Waals surface area contributed by atoms with Crippen molar-refractivity contribution in [2.75, 3.05) is 20.8 Å². The number of methoxy groups -OCH3 is 2. The normalized spacial score (nSPS) is 19.5. The van der Waals surface area contributed by atoms with E-state index in [1.54, 1.807) is 6.07 Å². The van der Waals surface area contributed by atoms with Crippen molar-refractivity contribution in [3.63, 3.8) is 0 Å². The van der Waals surface area contributed by atoms with Gasteiger partial charge in [0.25, 0.3) is 6.43 Å². The van der Waals surface area contributed by atoms with E-state index in [1.165, 1.54) is 20.3 Å². The van der Waals surface area contributed by atoms with Gasteiger partial charge in [-0.25, -0.2) is 8.78 Å². The highest BCUT2D eigenvalue weighted by Gasteiger charge is 2.23. The van der Waals surface area contributed by atoms with E-state index in [9.17, 15) is 8.78 Å². The summed E-state index contributed by atoms with van der Waals surface area (Å²) >= 11 is 0. The van der Waals surface area contributed by atoms with Crippen molar-refractivity contribution < 1.29 is 18.3 Å². The minimum absolute atomic E-state index is 0.126. The zero-order valence-corrected chi connectivity index (χ0v) is 11.2. The SMILES string of the molecule is COc1cc(C2CCCCN2)c(OC)cc1C(F)F. The lowest BCUT2D eigenvalue weighted by Crippen LogP contribution is -2.27. The summed E-state index contributed by atoms with van der Waals surface area (Å²) in [5.74, 6) is 0.716. The van der Waals surface area contributed by atoms with Crippen LogP contribution >= 0.6 is 0 Å².